The molecular formula is C18H33NO2. The number of nitrogens with two attached hydrogens (primary N) is 1. The number of carbonyl (C=O) groups is 1. The van der Waals surface area contributed by atoms with Gasteiger partial charge in [-0.05, 0) is 44.9 Å². The van der Waals surface area contributed by atoms with Crippen molar-refractivity contribution in [2.75, 3.05) is 0 Å². The van der Waals surface area contributed by atoms with Crippen molar-refractivity contribution in [3.8, 4) is 0 Å². The zero-order chi connectivity index (χ0) is 15.8. The molecule has 0 aromatic rings. The van der Waals surface area contributed by atoms with E-state index in [1.54, 1.807) is 0 Å². The van der Waals surface area contributed by atoms with Crippen molar-refractivity contribution in [3.63, 3.8) is 0 Å². The van der Waals surface area contributed by atoms with Gasteiger partial charge in [-0.3, -0.25) is 4.79 Å². The zero-order valence-corrected chi connectivity index (χ0v) is 13.6. The Morgan fingerprint density at radius 1 is 1.00 bits per heavy atom. The minimum atomic E-state index is -0.754. The highest BCUT2D eigenvalue weighted by molar-refractivity contribution is 5.66. The molecule has 122 valence electrons. The van der Waals surface area contributed by atoms with Crippen LogP contribution >= 0.6 is 0 Å². The van der Waals surface area contributed by atoms with Gasteiger partial charge in [-0.25, -0.2) is 0 Å². The first-order chi connectivity index (χ1) is 10.2. The number of hydrogen-bond donors (Lipinski definition) is 2. The van der Waals surface area contributed by atoms with Gasteiger partial charge in [0.15, 0.2) is 0 Å². The summed E-state index contributed by atoms with van der Waals surface area (Å²) in [7, 11) is 0. The van der Waals surface area contributed by atoms with Gasteiger partial charge in [0.05, 0.1) is 0 Å². The van der Waals surface area contributed by atoms with Crippen molar-refractivity contribution in [3.05, 3.63) is 24.3 Å². The van der Waals surface area contributed by atoms with Gasteiger partial charge in [0.2, 0.25) is 0 Å². The van der Waals surface area contributed by atoms with Crippen LogP contribution in [0.1, 0.15) is 77.6 Å². The van der Waals surface area contributed by atoms with Gasteiger partial charge in [0.25, 0.3) is 0 Å². The van der Waals surface area contributed by atoms with E-state index in [0.29, 0.717) is 6.42 Å². The van der Waals surface area contributed by atoms with Crippen molar-refractivity contribution in [1.82, 2.24) is 0 Å². The lowest BCUT2D eigenvalue weighted by molar-refractivity contribution is -0.137. The third kappa shape index (κ3) is 16.9. The standard InChI is InChI=1S/C18H33NO2/c1-2-3-4-5-6-7-8-9-10-11-12-13-14-17(19)15-16-18(20)21/h6-7,9-10,17H,2-5,8,11-16,19H2,1H3,(H,20,21). The van der Waals surface area contributed by atoms with Crippen LogP contribution in [0, 0.1) is 0 Å². The lowest BCUT2D eigenvalue weighted by Crippen LogP contribution is -2.20. The lowest BCUT2D eigenvalue weighted by Gasteiger charge is -2.08. The highest BCUT2D eigenvalue weighted by Crippen LogP contribution is 2.07. The first-order valence-corrected chi connectivity index (χ1v) is 8.44. The molecule has 0 rings (SSSR count). The molecule has 21 heavy (non-hydrogen) atoms. The average Bonchev–Trinajstić information content (AvgIpc) is 2.46. The van der Waals surface area contributed by atoms with Gasteiger partial charge in [-0.1, -0.05) is 50.5 Å². The van der Waals surface area contributed by atoms with E-state index in [9.17, 15) is 4.79 Å². The maximum absolute atomic E-state index is 10.4. The predicted molar refractivity (Wildman–Crippen MR) is 90.4 cm³/mol. The van der Waals surface area contributed by atoms with Crippen LogP contribution in [-0.4, -0.2) is 17.1 Å². The average molecular weight is 295 g/mol. The highest BCUT2D eigenvalue weighted by Gasteiger charge is 2.04. The van der Waals surface area contributed by atoms with Crippen LogP contribution in [0.4, 0.5) is 0 Å². The number of aliphatic carboxylic acids is 1. The van der Waals surface area contributed by atoms with E-state index in [4.69, 9.17) is 10.8 Å². The van der Waals surface area contributed by atoms with Crippen LogP contribution in [0.3, 0.4) is 0 Å². The van der Waals surface area contributed by atoms with Crippen molar-refractivity contribution in [2.24, 2.45) is 5.73 Å². The third-order valence-corrected chi connectivity index (χ3v) is 3.50. The Kier molecular flexibility index (Phi) is 14.5. The largest absolute Gasteiger partial charge is 0.481 e. The Balaban J connectivity index is 3.34. The first kappa shape index (κ1) is 19.9. The van der Waals surface area contributed by atoms with Gasteiger partial charge in [-0.15, -0.1) is 0 Å². The summed E-state index contributed by atoms with van der Waals surface area (Å²) in [6.45, 7) is 2.23. The normalized spacial score (nSPS) is 13.2. The second-order valence-electron chi connectivity index (χ2n) is 5.65. The van der Waals surface area contributed by atoms with E-state index in [0.717, 1.165) is 32.1 Å². The molecule has 0 saturated carbocycles. The van der Waals surface area contributed by atoms with Crippen LogP contribution in [0.15, 0.2) is 24.3 Å². The number of carboxylic acid groups (broad SMARTS) is 1. The lowest BCUT2D eigenvalue weighted by atomic mass is 10.0. The van der Waals surface area contributed by atoms with Crippen LogP contribution in [-0.2, 0) is 4.79 Å². The molecule has 3 heteroatoms. The molecule has 3 N–H and O–H groups in total. The number of allylic oxidation sites excluding steroid dienone is 4. The van der Waals surface area contributed by atoms with Gasteiger partial charge in [0, 0.05) is 12.5 Å². The molecule has 0 aliphatic rings. The highest BCUT2D eigenvalue weighted by atomic mass is 16.4. The number of unbranched alkanes of at least 4 members (excludes halogenated alkanes) is 5. The second-order valence-corrected chi connectivity index (χ2v) is 5.65. The Hall–Kier alpha value is -1.09. The molecule has 0 saturated heterocycles. The van der Waals surface area contributed by atoms with Gasteiger partial charge in [0.1, 0.15) is 0 Å². The zero-order valence-electron chi connectivity index (χ0n) is 13.6. The molecule has 0 aromatic heterocycles. The van der Waals surface area contributed by atoms with Crippen molar-refractivity contribution in [1.29, 1.82) is 0 Å². The van der Waals surface area contributed by atoms with Crippen molar-refractivity contribution >= 4 is 5.97 Å². The summed E-state index contributed by atoms with van der Waals surface area (Å²) in [5, 5.41) is 8.56. The molecule has 1 unspecified atom stereocenters. The van der Waals surface area contributed by atoms with E-state index in [-0.39, 0.29) is 12.5 Å². The fraction of sp³-hybridized carbons (Fsp3) is 0.722. The van der Waals surface area contributed by atoms with Crippen LogP contribution in [0.2, 0.25) is 0 Å². The monoisotopic (exact) mass is 295 g/mol. The summed E-state index contributed by atoms with van der Waals surface area (Å²) in [6, 6.07) is 0.0381. The molecule has 0 heterocycles. The summed E-state index contributed by atoms with van der Waals surface area (Å²) in [6.07, 6.45) is 20.2. The van der Waals surface area contributed by atoms with E-state index >= 15 is 0 Å². The Bertz CT molecular complexity index is 298. The number of rotatable bonds is 14. The third-order valence-electron chi connectivity index (χ3n) is 3.50. The number of hydrogen-bond acceptors (Lipinski definition) is 2. The summed E-state index contributed by atoms with van der Waals surface area (Å²) in [5.74, 6) is -0.754. The fourth-order valence-corrected chi connectivity index (χ4v) is 2.14. The Labute approximate surface area is 130 Å². The fourth-order valence-electron chi connectivity index (χ4n) is 2.14. The molecule has 0 aliphatic heterocycles. The summed E-state index contributed by atoms with van der Waals surface area (Å²) >= 11 is 0. The molecule has 0 fully saturated rings. The molecule has 0 bridgehead atoms. The van der Waals surface area contributed by atoms with Gasteiger partial charge in [-0.2, -0.15) is 0 Å². The minimum Gasteiger partial charge on any atom is -0.481 e. The van der Waals surface area contributed by atoms with E-state index < -0.39 is 5.97 Å². The Morgan fingerprint density at radius 2 is 1.62 bits per heavy atom. The van der Waals surface area contributed by atoms with E-state index in [1.165, 1.54) is 25.7 Å². The molecule has 0 radical (unpaired) electrons. The SMILES string of the molecule is CCCCCC=CCC=CCCCCC(N)CCC(=O)O. The van der Waals surface area contributed by atoms with Crippen LogP contribution < -0.4 is 5.73 Å². The molecule has 1 atom stereocenters. The smallest absolute Gasteiger partial charge is 0.303 e. The minimum absolute atomic E-state index is 0.0381. The quantitative estimate of drug-likeness (QED) is 0.356. The maximum Gasteiger partial charge on any atom is 0.303 e. The summed E-state index contributed by atoms with van der Waals surface area (Å²) in [4.78, 5) is 10.4. The molecule has 3 nitrogen and oxygen atoms in total. The second kappa shape index (κ2) is 15.3. The molecule has 0 amide bonds. The summed E-state index contributed by atoms with van der Waals surface area (Å²) in [5.41, 5.74) is 5.86. The molecular weight excluding hydrogens is 262 g/mol. The van der Waals surface area contributed by atoms with Crippen molar-refractivity contribution in [2.45, 2.75) is 83.6 Å². The molecule has 0 aliphatic carbocycles. The Morgan fingerprint density at radius 3 is 2.19 bits per heavy atom. The predicted octanol–water partition coefficient (Wildman–Crippen LogP) is 4.82. The van der Waals surface area contributed by atoms with Gasteiger partial charge < -0.3 is 10.8 Å². The molecule has 0 spiro atoms. The molecule has 0 aromatic carbocycles. The maximum atomic E-state index is 10.4. The van der Waals surface area contributed by atoms with E-state index in [2.05, 4.69) is 31.2 Å². The first-order valence-electron chi connectivity index (χ1n) is 8.44. The van der Waals surface area contributed by atoms with E-state index in [1.807, 2.05) is 0 Å². The topological polar surface area (TPSA) is 63.3 Å². The van der Waals surface area contributed by atoms with Gasteiger partial charge >= 0.3 is 5.97 Å². The van der Waals surface area contributed by atoms with Crippen LogP contribution in [0.25, 0.3) is 0 Å². The van der Waals surface area contributed by atoms with Crippen molar-refractivity contribution < 1.29 is 9.90 Å². The van der Waals surface area contributed by atoms with Crippen LogP contribution in [0.5, 0.6) is 0 Å². The number of carboxylic acids is 1. The summed E-state index contributed by atoms with van der Waals surface area (Å²) < 4.78 is 0.